The van der Waals surface area contributed by atoms with E-state index < -0.39 is 17.5 Å². The molecule has 1 heterocycles. The third-order valence-electron chi connectivity index (χ3n) is 5.84. The molecule has 126 valence electrons. The molecule has 2 saturated carbocycles. The molecule has 6 nitrogen and oxygen atoms in total. The van der Waals surface area contributed by atoms with Crippen LogP contribution in [-0.4, -0.2) is 22.9 Å². The number of hydrogen-bond donors (Lipinski definition) is 2. The normalized spacial score (nSPS) is 34.5. The van der Waals surface area contributed by atoms with Gasteiger partial charge in [-0.05, 0) is 43.6 Å². The van der Waals surface area contributed by atoms with E-state index >= 15 is 0 Å². The number of hydrogen-bond acceptors (Lipinski definition) is 3. The highest BCUT2D eigenvalue weighted by Gasteiger charge is 2.51. The van der Waals surface area contributed by atoms with Gasteiger partial charge in [-0.2, -0.15) is 5.01 Å². The van der Waals surface area contributed by atoms with Crippen molar-refractivity contribution in [1.82, 2.24) is 15.8 Å². The zero-order valence-electron chi connectivity index (χ0n) is 13.6. The Labute approximate surface area is 140 Å². The van der Waals surface area contributed by atoms with Crippen molar-refractivity contribution in [2.24, 2.45) is 17.8 Å². The Morgan fingerprint density at radius 1 is 1.21 bits per heavy atom. The number of urea groups is 1. The fourth-order valence-corrected chi connectivity index (χ4v) is 4.47. The second-order valence-corrected chi connectivity index (χ2v) is 7.32. The third kappa shape index (κ3) is 2.20. The molecule has 0 radical (unpaired) electrons. The lowest BCUT2D eigenvalue weighted by Gasteiger charge is -2.24. The molecule has 3 fully saturated rings. The monoisotopic (exact) mass is 327 g/mol. The van der Waals surface area contributed by atoms with Crippen LogP contribution in [0, 0.1) is 17.8 Å². The molecule has 24 heavy (non-hydrogen) atoms. The van der Waals surface area contributed by atoms with Gasteiger partial charge in [-0.3, -0.25) is 15.0 Å². The van der Waals surface area contributed by atoms with E-state index in [1.807, 2.05) is 18.2 Å². The highest BCUT2D eigenvalue weighted by molar-refractivity contribution is 6.08. The van der Waals surface area contributed by atoms with E-state index in [-0.39, 0.29) is 11.8 Å². The summed E-state index contributed by atoms with van der Waals surface area (Å²) in [7, 11) is 0. The van der Waals surface area contributed by atoms with Crippen LogP contribution < -0.4 is 10.7 Å². The molecule has 2 N–H and O–H groups in total. The molecule has 0 spiro atoms. The van der Waals surface area contributed by atoms with Crippen LogP contribution in [0.25, 0.3) is 0 Å². The summed E-state index contributed by atoms with van der Waals surface area (Å²) in [6.07, 6.45) is 4.24. The molecule has 1 saturated heterocycles. The van der Waals surface area contributed by atoms with Gasteiger partial charge in [0.2, 0.25) is 5.91 Å². The van der Waals surface area contributed by atoms with Gasteiger partial charge in [-0.15, -0.1) is 0 Å². The number of nitrogens with one attached hydrogen (secondary N) is 2. The molecule has 4 atom stereocenters. The topological polar surface area (TPSA) is 78.5 Å². The van der Waals surface area contributed by atoms with Gasteiger partial charge < -0.3 is 5.32 Å². The Bertz CT molecular complexity index is 705. The molecule has 2 aliphatic carbocycles. The number of benzene rings is 1. The molecular weight excluding hydrogens is 306 g/mol. The Kier molecular flexibility index (Phi) is 3.37. The molecule has 1 aromatic carbocycles. The van der Waals surface area contributed by atoms with Crippen molar-refractivity contribution < 1.29 is 14.4 Å². The summed E-state index contributed by atoms with van der Waals surface area (Å²) < 4.78 is 0. The van der Waals surface area contributed by atoms with E-state index in [9.17, 15) is 14.4 Å². The number of amides is 4. The first-order valence-electron chi connectivity index (χ1n) is 8.52. The summed E-state index contributed by atoms with van der Waals surface area (Å²) in [4.78, 5) is 37.6. The largest absolute Gasteiger partial charge is 0.344 e. The summed E-state index contributed by atoms with van der Waals surface area (Å²) >= 11 is 0. The molecule has 3 aliphatic rings. The number of fused-ring (bicyclic) bond motifs is 2. The highest BCUT2D eigenvalue weighted by Crippen LogP contribution is 2.48. The van der Waals surface area contributed by atoms with Gasteiger partial charge in [0.1, 0.15) is 5.54 Å². The van der Waals surface area contributed by atoms with Gasteiger partial charge in [0.05, 0.1) is 0 Å². The van der Waals surface area contributed by atoms with Crippen molar-refractivity contribution in [3.63, 3.8) is 0 Å². The lowest BCUT2D eigenvalue weighted by molar-refractivity contribution is -0.141. The highest BCUT2D eigenvalue weighted by atomic mass is 16.2. The zero-order chi connectivity index (χ0) is 16.9. The van der Waals surface area contributed by atoms with Crippen molar-refractivity contribution in [2.45, 2.75) is 38.1 Å². The summed E-state index contributed by atoms with van der Waals surface area (Å²) in [6, 6.07) is 8.48. The number of carbonyl (C=O) groups excluding carboxylic acids is 3. The quantitative estimate of drug-likeness (QED) is 0.833. The standard InChI is InChI=1S/C18H21N3O3/c1-18(13-5-3-2-4-6-13)16(23)21(17(24)19-18)20-15(22)14-10-11-7-8-12(14)9-11/h2-6,11-12,14H,7-10H2,1H3,(H,19,24)(H,20,22)/t11-,12-,14+,18+/m0/s1. The van der Waals surface area contributed by atoms with E-state index in [4.69, 9.17) is 0 Å². The van der Waals surface area contributed by atoms with Crippen LogP contribution in [0.15, 0.2) is 30.3 Å². The summed E-state index contributed by atoms with van der Waals surface area (Å²) in [6.45, 7) is 1.66. The van der Waals surface area contributed by atoms with Crippen LogP contribution in [0.5, 0.6) is 0 Å². The molecule has 0 aromatic heterocycles. The van der Waals surface area contributed by atoms with Gasteiger partial charge in [0.25, 0.3) is 5.91 Å². The minimum atomic E-state index is -1.15. The molecular formula is C18H21N3O3. The lowest BCUT2D eigenvalue weighted by atomic mass is 9.88. The van der Waals surface area contributed by atoms with Gasteiger partial charge in [-0.1, -0.05) is 36.8 Å². The maximum absolute atomic E-state index is 12.8. The van der Waals surface area contributed by atoms with Crippen molar-refractivity contribution in [1.29, 1.82) is 0 Å². The SMILES string of the molecule is C[C@]1(c2ccccc2)NC(=O)N(NC(=O)[C@@H]2C[C@H]3CC[C@H]2C3)C1=O. The Morgan fingerprint density at radius 3 is 2.58 bits per heavy atom. The van der Waals surface area contributed by atoms with E-state index in [2.05, 4.69) is 10.7 Å². The van der Waals surface area contributed by atoms with Crippen molar-refractivity contribution in [3.05, 3.63) is 35.9 Å². The number of rotatable bonds is 3. The Hall–Kier alpha value is -2.37. The number of imide groups is 1. The second-order valence-electron chi connectivity index (χ2n) is 7.32. The predicted octanol–water partition coefficient (Wildman–Crippen LogP) is 1.92. The Morgan fingerprint density at radius 2 is 1.96 bits per heavy atom. The number of carbonyl (C=O) groups is 3. The summed E-state index contributed by atoms with van der Waals surface area (Å²) in [5.41, 5.74) is 2.10. The maximum atomic E-state index is 12.8. The van der Waals surface area contributed by atoms with E-state index in [1.165, 1.54) is 6.42 Å². The fraction of sp³-hybridized carbons (Fsp3) is 0.500. The number of nitrogens with zero attached hydrogens (tertiary/aromatic N) is 1. The number of hydrazine groups is 1. The van der Waals surface area contributed by atoms with Gasteiger partial charge >= 0.3 is 6.03 Å². The van der Waals surface area contributed by atoms with E-state index in [0.717, 1.165) is 24.3 Å². The van der Waals surface area contributed by atoms with Crippen LogP contribution in [0.2, 0.25) is 0 Å². The smallest absolute Gasteiger partial charge is 0.318 e. The van der Waals surface area contributed by atoms with Crippen molar-refractivity contribution >= 4 is 17.8 Å². The van der Waals surface area contributed by atoms with Gasteiger partial charge in [-0.25, -0.2) is 4.79 Å². The average molecular weight is 327 g/mol. The van der Waals surface area contributed by atoms with Crippen molar-refractivity contribution in [3.8, 4) is 0 Å². The molecule has 0 unspecified atom stereocenters. The molecule has 4 amide bonds. The minimum Gasteiger partial charge on any atom is -0.318 e. The second kappa shape index (κ2) is 5.33. The van der Waals surface area contributed by atoms with Crippen LogP contribution >= 0.6 is 0 Å². The summed E-state index contributed by atoms with van der Waals surface area (Å²) in [5, 5.41) is 3.55. The first-order valence-corrected chi connectivity index (χ1v) is 8.52. The zero-order valence-corrected chi connectivity index (χ0v) is 13.6. The van der Waals surface area contributed by atoms with Gasteiger partial charge in [0, 0.05) is 5.92 Å². The van der Waals surface area contributed by atoms with E-state index in [1.54, 1.807) is 19.1 Å². The molecule has 1 aromatic rings. The molecule has 4 rings (SSSR count). The average Bonchev–Trinajstić information content (AvgIpc) is 3.27. The van der Waals surface area contributed by atoms with Crippen LogP contribution in [-0.2, 0) is 15.1 Å². The molecule has 6 heteroatoms. The predicted molar refractivity (Wildman–Crippen MR) is 86.3 cm³/mol. The molecule has 1 aliphatic heterocycles. The third-order valence-corrected chi connectivity index (χ3v) is 5.84. The first-order chi connectivity index (χ1) is 11.5. The van der Waals surface area contributed by atoms with Crippen LogP contribution in [0.4, 0.5) is 4.79 Å². The summed E-state index contributed by atoms with van der Waals surface area (Å²) in [5.74, 6) is 0.297. The Balaban J connectivity index is 1.51. The lowest BCUT2D eigenvalue weighted by Crippen LogP contribution is -2.50. The van der Waals surface area contributed by atoms with Crippen LogP contribution in [0.3, 0.4) is 0 Å². The van der Waals surface area contributed by atoms with E-state index in [0.29, 0.717) is 17.4 Å². The maximum Gasteiger partial charge on any atom is 0.344 e. The minimum absolute atomic E-state index is 0.0760. The van der Waals surface area contributed by atoms with Crippen LogP contribution in [0.1, 0.15) is 38.2 Å². The van der Waals surface area contributed by atoms with Gasteiger partial charge in [0.15, 0.2) is 0 Å². The molecule has 2 bridgehead atoms. The fourth-order valence-electron chi connectivity index (χ4n) is 4.47. The van der Waals surface area contributed by atoms with Crippen molar-refractivity contribution in [2.75, 3.05) is 0 Å². The first kappa shape index (κ1) is 15.2.